The van der Waals surface area contributed by atoms with Crippen molar-refractivity contribution < 1.29 is 22.4 Å². The lowest BCUT2D eigenvalue weighted by molar-refractivity contribution is -0.170. The Kier molecular flexibility index (Phi) is 4.38. The zero-order valence-corrected chi connectivity index (χ0v) is 9.85. The van der Waals surface area contributed by atoms with Crippen LogP contribution >= 0.6 is 0 Å². The summed E-state index contributed by atoms with van der Waals surface area (Å²) in [7, 11) is 0. The molecule has 0 aromatic heterocycles. The molecule has 1 rings (SSSR count). The third-order valence-corrected chi connectivity index (χ3v) is 3.51. The van der Waals surface area contributed by atoms with Gasteiger partial charge in [-0.3, -0.25) is 4.79 Å². The maximum atomic E-state index is 12.7. The highest BCUT2D eigenvalue weighted by atomic mass is 19.3. The molecule has 3 unspecified atom stereocenters. The van der Waals surface area contributed by atoms with E-state index in [1.54, 1.807) is 0 Å². The summed E-state index contributed by atoms with van der Waals surface area (Å²) in [6, 6.07) is -0.418. The average Bonchev–Trinajstić information content (AvgIpc) is 2.23. The Hall–Kier alpha value is -0.810. The van der Waals surface area contributed by atoms with Crippen LogP contribution in [0.4, 0.5) is 17.6 Å². The third kappa shape index (κ3) is 3.33. The molecule has 0 bridgehead atoms. The Morgan fingerprint density at radius 1 is 1.24 bits per heavy atom. The van der Waals surface area contributed by atoms with Gasteiger partial charge in [-0.05, 0) is 31.1 Å². The van der Waals surface area contributed by atoms with Crippen molar-refractivity contribution in [3.05, 3.63) is 0 Å². The number of hydrogen-bond acceptors (Lipinski definition) is 1. The molecule has 0 spiro atoms. The van der Waals surface area contributed by atoms with Crippen LogP contribution in [0.2, 0.25) is 0 Å². The molecule has 0 heterocycles. The van der Waals surface area contributed by atoms with Crippen molar-refractivity contribution in [2.45, 2.75) is 51.5 Å². The molecule has 0 radical (unpaired) electrons. The minimum Gasteiger partial charge on any atom is -0.348 e. The molecular formula is C11H17F4NO. The number of carbonyl (C=O) groups excluding carboxylic acids is 1. The molecule has 6 heteroatoms. The summed E-state index contributed by atoms with van der Waals surface area (Å²) >= 11 is 0. The fourth-order valence-corrected chi connectivity index (χ4v) is 2.06. The van der Waals surface area contributed by atoms with Crippen molar-refractivity contribution in [3.8, 4) is 0 Å². The van der Waals surface area contributed by atoms with Crippen LogP contribution in [0.15, 0.2) is 0 Å². The summed E-state index contributed by atoms with van der Waals surface area (Å²) in [4.78, 5) is 11.0. The van der Waals surface area contributed by atoms with Gasteiger partial charge in [-0.1, -0.05) is 13.8 Å². The van der Waals surface area contributed by atoms with E-state index < -0.39 is 24.3 Å². The summed E-state index contributed by atoms with van der Waals surface area (Å²) in [5, 5.41) is 2.02. The van der Waals surface area contributed by atoms with Gasteiger partial charge in [0, 0.05) is 6.04 Å². The van der Waals surface area contributed by atoms with Gasteiger partial charge in [0.05, 0.1) is 0 Å². The van der Waals surface area contributed by atoms with Gasteiger partial charge < -0.3 is 5.32 Å². The second kappa shape index (κ2) is 5.23. The molecule has 100 valence electrons. The largest absolute Gasteiger partial charge is 0.383 e. The molecule has 0 aromatic carbocycles. The number of amides is 1. The summed E-state index contributed by atoms with van der Waals surface area (Å²) in [6.45, 7) is 4.02. The smallest absolute Gasteiger partial charge is 0.348 e. The summed E-state index contributed by atoms with van der Waals surface area (Å²) in [5.74, 6) is -5.68. The van der Waals surface area contributed by atoms with Crippen molar-refractivity contribution in [2.24, 2.45) is 11.8 Å². The van der Waals surface area contributed by atoms with E-state index in [-0.39, 0.29) is 0 Å². The van der Waals surface area contributed by atoms with Crippen LogP contribution in [0.1, 0.15) is 33.1 Å². The first-order chi connectivity index (χ1) is 7.75. The lowest BCUT2D eigenvalue weighted by atomic mass is 9.79. The van der Waals surface area contributed by atoms with Gasteiger partial charge in [-0.2, -0.15) is 8.78 Å². The summed E-state index contributed by atoms with van der Waals surface area (Å²) in [6.07, 6.45) is -2.02. The molecular weight excluding hydrogens is 238 g/mol. The number of halogens is 4. The van der Waals surface area contributed by atoms with Gasteiger partial charge in [0.2, 0.25) is 0 Å². The van der Waals surface area contributed by atoms with Crippen LogP contribution in [-0.4, -0.2) is 24.3 Å². The maximum Gasteiger partial charge on any atom is 0.383 e. The van der Waals surface area contributed by atoms with E-state index in [1.165, 1.54) is 0 Å². The number of hydrogen-bond donors (Lipinski definition) is 1. The van der Waals surface area contributed by atoms with Crippen molar-refractivity contribution in [1.82, 2.24) is 5.32 Å². The lowest BCUT2D eigenvalue weighted by Crippen LogP contribution is -2.50. The van der Waals surface area contributed by atoms with Gasteiger partial charge in [0.25, 0.3) is 5.91 Å². The predicted molar refractivity (Wildman–Crippen MR) is 55.1 cm³/mol. The zero-order valence-electron chi connectivity index (χ0n) is 9.85. The quantitative estimate of drug-likeness (QED) is 0.772. The van der Waals surface area contributed by atoms with E-state index in [0.717, 1.165) is 6.42 Å². The monoisotopic (exact) mass is 255 g/mol. The van der Waals surface area contributed by atoms with Gasteiger partial charge in [-0.25, -0.2) is 8.78 Å². The Balaban J connectivity index is 2.53. The van der Waals surface area contributed by atoms with Crippen molar-refractivity contribution in [1.29, 1.82) is 0 Å². The minimum absolute atomic E-state index is 0.300. The van der Waals surface area contributed by atoms with Gasteiger partial charge in [0.15, 0.2) is 0 Å². The number of carbonyl (C=O) groups is 1. The van der Waals surface area contributed by atoms with Crippen molar-refractivity contribution in [2.75, 3.05) is 0 Å². The molecule has 17 heavy (non-hydrogen) atoms. The van der Waals surface area contributed by atoms with E-state index in [4.69, 9.17) is 0 Å². The fraction of sp³-hybridized carbons (Fsp3) is 0.909. The van der Waals surface area contributed by atoms with E-state index >= 15 is 0 Å². The van der Waals surface area contributed by atoms with E-state index in [1.807, 2.05) is 12.2 Å². The standard InChI is InChI=1S/C11H17F4NO/c1-6-3-4-8(5-7(6)2)16-10(17)11(14,15)9(12)13/h6-9H,3-5H2,1-2H3,(H,16,17). The second-order valence-electron chi connectivity index (χ2n) is 4.86. The molecule has 1 N–H and O–H groups in total. The lowest BCUT2D eigenvalue weighted by Gasteiger charge is -2.33. The Labute approximate surface area is 97.8 Å². The Bertz CT molecular complexity index is 283. The molecule has 1 amide bonds. The average molecular weight is 255 g/mol. The second-order valence-corrected chi connectivity index (χ2v) is 4.86. The third-order valence-electron chi connectivity index (χ3n) is 3.51. The van der Waals surface area contributed by atoms with Gasteiger partial charge >= 0.3 is 12.3 Å². The molecule has 0 aliphatic heterocycles. The summed E-state index contributed by atoms with van der Waals surface area (Å²) in [5.41, 5.74) is 0. The van der Waals surface area contributed by atoms with Crippen LogP contribution in [0.5, 0.6) is 0 Å². The molecule has 1 fully saturated rings. The van der Waals surface area contributed by atoms with Crippen molar-refractivity contribution in [3.63, 3.8) is 0 Å². The first kappa shape index (κ1) is 14.3. The fourth-order valence-electron chi connectivity index (χ4n) is 2.06. The topological polar surface area (TPSA) is 29.1 Å². The van der Waals surface area contributed by atoms with Crippen LogP contribution in [0.3, 0.4) is 0 Å². The van der Waals surface area contributed by atoms with Crippen LogP contribution in [0.25, 0.3) is 0 Å². The maximum absolute atomic E-state index is 12.7. The van der Waals surface area contributed by atoms with Crippen molar-refractivity contribution >= 4 is 5.91 Å². The highest BCUT2D eigenvalue weighted by Crippen LogP contribution is 2.30. The molecule has 0 aromatic rings. The number of rotatable bonds is 3. The van der Waals surface area contributed by atoms with E-state index in [9.17, 15) is 22.4 Å². The highest BCUT2D eigenvalue weighted by Gasteiger charge is 2.49. The number of alkyl halides is 4. The van der Waals surface area contributed by atoms with Crippen LogP contribution in [0, 0.1) is 11.8 Å². The molecule has 1 saturated carbocycles. The van der Waals surface area contributed by atoms with Crippen LogP contribution in [-0.2, 0) is 4.79 Å². The zero-order chi connectivity index (χ0) is 13.2. The summed E-state index contributed by atoms with van der Waals surface area (Å²) < 4.78 is 49.3. The number of nitrogens with one attached hydrogen (secondary N) is 1. The molecule has 1 aliphatic carbocycles. The van der Waals surface area contributed by atoms with E-state index in [2.05, 4.69) is 6.92 Å². The van der Waals surface area contributed by atoms with Gasteiger partial charge in [0.1, 0.15) is 0 Å². The SMILES string of the molecule is CC1CCC(NC(=O)C(F)(F)C(F)F)CC1C. The molecule has 2 nitrogen and oxygen atoms in total. The highest BCUT2D eigenvalue weighted by molar-refractivity contribution is 5.84. The Morgan fingerprint density at radius 2 is 1.82 bits per heavy atom. The predicted octanol–water partition coefficient (Wildman–Crippen LogP) is 2.83. The molecule has 3 atom stereocenters. The minimum atomic E-state index is -4.59. The van der Waals surface area contributed by atoms with E-state index in [0.29, 0.717) is 24.7 Å². The normalized spacial score (nSPS) is 30.4. The van der Waals surface area contributed by atoms with Gasteiger partial charge in [-0.15, -0.1) is 0 Å². The first-order valence-electron chi connectivity index (χ1n) is 5.72. The van der Waals surface area contributed by atoms with Crippen LogP contribution < -0.4 is 5.32 Å². The molecule has 1 aliphatic rings. The first-order valence-corrected chi connectivity index (χ1v) is 5.72. The molecule has 0 saturated heterocycles. The Morgan fingerprint density at radius 3 is 2.29 bits per heavy atom.